The molecule has 0 aliphatic heterocycles. The summed E-state index contributed by atoms with van der Waals surface area (Å²) in [6.07, 6.45) is 0. The first-order valence-electron chi connectivity index (χ1n) is 5.38. The zero-order valence-electron chi connectivity index (χ0n) is 10.0. The van der Waals surface area contributed by atoms with Gasteiger partial charge in [0.1, 0.15) is 0 Å². The first kappa shape index (κ1) is 13.6. The predicted molar refractivity (Wildman–Crippen MR) is 71.1 cm³/mol. The molecule has 0 radical (unpaired) electrons. The molecule has 1 aromatic rings. The number of hydrogen-bond acceptors (Lipinski definition) is 2. The largest absolute Gasteiger partial charge is 0.478 e. The Kier molecular flexibility index (Phi) is 4.58. The first-order chi connectivity index (χ1) is 7.97. The van der Waals surface area contributed by atoms with E-state index >= 15 is 0 Å². The van der Waals surface area contributed by atoms with Crippen molar-refractivity contribution in [3.63, 3.8) is 0 Å². The molecule has 0 fully saturated rings. The van der Waals surface area contributed by atoms with Gasteiger partial charge in [-0.3, -0.25) is 0 Å². The predicted octanol–water partition coefficient (Wildman–Crippen LogP) is 3.44. The molecule has 0 saturated heterocycles. The fourth-order valence-electron chi connectivity index (χ4n) is 1.68. The van der Waals surface area contributed by atoms with Gasteiger partial charge in [-0.05, 0) is 26.0 Å². The minimum Gasteiger partial charge on any atom is -0.478 e. The second kappa shape index (κ2) is 5.73. The number of carboxylic acid groups (broad SMARTS) is 1. The number of halogens is 1. The first-order valence-corrected chi connectivity index (χ1v) is 5.76. The summed E-state index contributed by atoms with van der Waals surface area (Å²) in [5.74, 6) is -0.970. The Morgan fingerprint density at radius 1 is 1.53 bits per heavy atom. The van der Waals surface area contributed by atoms with Crippen LogP contribution in [-0.4, -0.2) is 24.2 Å². The van der Waals surface area contributed by atoms with Crippen LogP contribution in [0.4, 0.5) is 5.69 Å². The smallest absolute Gasteiger partial charge is 0.337 e. The van der Waals surface area contributed by atoms with Crippen LogP contribution >= 0.6 is 11.6 Å². The topological polar surface area (TPSA) is 40.5 Å². The van der Waals surface area contributed by atoms with Crippen molar-refractivity contribution in [2.75, 3.05) is 18.0 Å². The molecule has 0 atom stereocenters. The highest BCUT2D eigenvalue weighted by atomic mass is 35.5. The van der Waals surface area contributed by atoms with Crippen molar-refractivity contribution in [2.45, 2.75) is 13.8 Å². The summed E-state index contributed by atoms with van der Waals surface area (Å²) in [4.78, 5) is 13.1. The lowest BCUT2D eigenvalue weighted by Gasteiger charge is -2.25. The summed E-state index contributed by atoms with van der Waals surface area (Å²) >= 11 is 6.10. The second-order valence-electron chi connectivity index (χ2n) is 3.91. The molecular formula is C13H16ClNO2. The molecular weight excluding hydrogens is 238 g/mol. The van der Waals surface area contributed by atoms with Crippen LogP contribution in [0.2, 0.25) is 5.02 Å². The molecule has 0 spiro atoms. The van der Waals surface area contributed by atoms with E-state index in [4.69, 9.17) is 16.7 Å². The lowest BCUT2D eigenvalue weighted by atomic mass is 10.1. The third-order valence-corrected chi connectivity index (χ3v) is 2.68. The average Bonchev–Trinajstić information content (AvgIpc) is 2.25. The number of anilines is 1. The maximum Gasteiger partial charge on any atom is 0.337 e. The Balaban J connectivity index is 3.25. The third kappa shape index (κ3) is 3.24. The standard InChI is InChI=1S/C13H16ClNO2/c1-4-15(8-9(2)3)12-10(13(16)17)6-5-7-11(12)14/h5-7H,2,4,8H2,1,3H3,(H,16,17). The zero-order valence-corrected chi connectivity index (χ0v) is 10.8. The Morgan fingerprint density at radius 3 is 2.65 bits per heavy atom. The van der Waals surface area contributed by atoms with Crippen LogP contribution in [0, 0.1) is 0 Å². The van der Waals surface area contributed by atoms with Crippen molar-refractivity contribution in [3.8, 4) is 0 Å². The quantitative estimate of drug-likeness (QED) is 0.818. The summed E-state index contributed by atoms with van der Waals surface area (Å²) in [6, 6.07) is 4.90. The Hall–Kier alpha value is -1.48. The van der Waals surface area contributed by atoms with Gasteiger partial charge in [-0.15, -0.1) is 0 Å². The Morgan fingerprint density at radius 2 is 2.18 bits per heavy atom. The van der Waals surface area contributed by atoms with Crippen molar-refractivity contribution >= 4 is 23.3 Å². The van der Waals surface area contributed by atoms with E-state index in [1.54, 1.807) is 18.2 Å². The molecule has 4 heteroatoms. The fraction of sp³-hybridized carbons (Fsp3) is 0.308. The minimum atomic E-state index is -0.970. The molecule has 0 heterocycles. The van der Waals surface area contributed by atoms with Crippen molar-refractivity contribution in [3.05, 3.63) is 40.9 Å². The SMILES string of the molecule is C=C(C)CN(CC)c1c(Cl)cccc1C(=O)O. The van der Waals surface area contributed by atoms with Crippen LogP contribution in [0.5, 0.6) is 0 Å². The van der Waals surface area contributed by atoms with Gasteiger partial charge in [0, 0.05) is 13.1 Å². The Bertz CT molecular complexity index is 443. The van der Waals surface area contributed by atoms with Gasteiger partial charge in [-0.25, -0.2) is 4.79 Å². The van der Waals surface area contributed by atoms with Gasteiger partial charge in [0.2, 0.25) is 0 Å². The second-order valence-corrected chi connectivity index (χ2v) is 4.32. The highest BCUT2D eigenvalue weighted by Crippen LogP contribution is 2.30. The normalized spacial score (nSPS) is 10.1. The molecule has 0 aromatic heterocycles. The molecule has 92 valence electrons. The van der Waals surface area contributed by atoms with Gasteiger partial charge in [0.05, 0.1) is 16.3 Å². The van der Waals surface area contributed by atoms with Crippen LogP contribution in [0.25, 0.3) is 0 Å². The fourth-order valence-corrected chi connectivity index (χ4v) is 1.98. The number of carboxylic acids is 1. The van der Waals surface area contributed by atoms with Crippen molar-refractivity contribution < 1.29 is 9.90 Å². The van der Waals surface area contributed by atoms with E-state index < -0.39 is 5.97 Å². The molecule has 1 rings (SSSR count). The minimum absolute atomic E-state index is 0.223. The number of likely N-dealkylation sites (N-methyl/N-ethyl adjacent to an activating group) is 1. The monoisotopic (exact) mass is 253 g/mol. The van der Waals surface area contributed by atoms with Crippen LogP contribution < -0.4 is 4.90 Å². The summed E-state index contributed by atoms with van der Waals surface area (Å²) in [5.41, 5.74) is 1.75. The van der Waals surface area contributed by atoms with E-state index in [1.807, 2.05) is 18.7 Å². The number of rotatable bonds is 5. The van der Waals surface area contributed by atoms with Gasteiger partial charge >= 0.3 is 5.97 Å². The number of hydrogen-bond donors (Lipinski definition) is 1. The molecule has 0 saturated carbocycles. The number of carbonyl (C=O) groups is 1. The lowest BCUT2D eigenvalue weighted by Crippen LogP contribution is -2.26. The van der Waals surface area contributed by atoms with E-state index in [-0.39, 0.29) is 5.56 Å². The van der Waals surface area contributed by atoms with Gasteiger partial charge in [0.25, 0.3) is 0 Å². The van der Waals surface area contributed by atoms with E-state index in [0.29, 0.717) is 23.8 Å². The molecule has 3 nitrogen and oxygen atoms in total. The molecule has 1 aromatic carbocycles. The maximum atomic E-state index is 11.2. The summed E-state index contributed by atoms with van der Waals surface area (Å²) in [7, 11) is 0. The highest BCUT2D eigenvalue weighted by Gasteiger charge is 2.17. The van der Waals surface area contributed by atoms with Crippen molar-refractivity contribution in [1.29, 1.82) is 0 Å². The molecule has 0 amide bonds. The number of aromatic carboxylic acids is 1. The lowest BCUT2D eigenvalue weighted by molar-refractivity contribution is 0.0697. The van der Waals surface area contributed by atoms with E-state index in [9.17, 15) is 4.79 Å². The van der Waals surface area contributed by atoms with E-state index in [0.717, 1.165) is 5.57 Å². The molecule has 0 bridgehead atoms. The van der Waals surface area contributed by atoms with E-state index in [1.165, 1.54) is 0 Å². The van der Waals surface area contributed by atoms with Gasteiger partial charge in [-0.1, -0.05) is 29.8 Å². The average molecular weight is 254 g/mol. The Labute approximate surface area is 106 Å². The van der Waals surface area contributed by atoms with Crippen LogP contribution in [0.15, 0.2) is 30.4 Å². The summed E-state index contributed by atoms with van der Waals surface area (Å²) in [5, 5.41) is 9.61. The molecule has 17 heavy (non-hydrogen) atoms. The number of nitrogens with zero attached hydrogens (tertiary/aromatic N) is 1. The third-order valence-electron chi connectivity index (χ3n) is 2.38. The summed E-state index contributed by atoms with van der Waals surface area (Å²) < 4.78 is 0. The van der Waals surface area contributed by atoms with Crippen LogP contribution in [0.3, 0.4) is 0 Å². The van der Waals surface area contributed by atoms with Crippen LogP contribution in [-0.2, 0) is 0 Å². The molecule has 1 N–H and O–H groups in total. The molecule has 0 aliphatic carbocycles. The van der Waals surface area contributed by atoms with Gasteiger partial charge in [0.15, 0.2) is 0 Å². The molecule has 0 aliphatic rings. The zero-order chi connectivity index (χ0) is 13.0. The maximum absolute atomic E-state index is 11.2. The van der Waals surface area contributed by atoms with Gasteiger partial charge in [-0.2, -0.15) is 0 Å². The number of para-hydroxylation sites is 1. The van der Waals surface area contributed by atoms with Crippen molar-refractivity contribution in [1.82, 2.24) is 0 Å². The van der Waals surface area contributed by atoms with Crippen LogP contribution in [0.1, 0.15) is 24.2 Å². The highest BCUT2D eigenvalue weighted by molar-refractivity contribution is 6.34. The molecule has 0 unspecified atom stereocenters. The van der Waals surface area contributed by atoms with E-state index in [2.05, 4.69) is 6.58 Å². The van der Waals surface area contributed by atoms with Gasteiger partial charge < -0.3 is 10.0 Å². The number of benzene rings is 1. The summed E-state index contributed by atoms with van der Waals surface area (Å²) in [6.45, 7) is 8.97. The van der Waals surface area contributed by atoms with Crippen molar-refractivity contribution in [2.24, 2.45) is 0 Å².